The van der Waals surface area contributed by atoms with E-state index >= 15 is 0 Å². The van der Waals surface area contributed by atoms with Gasteiger partial charge in [0.2, 0.25) is 5.88 Å². The zero-order valence-electron chi connectivity index (χ0n) is 20.0. The number of allylic oxidation sites excluding steroid dienone is 1. The summed E-state index contributed by atoms with van der Waals surface area (Å²) in [6.07, 6.45) is -1.21. The summed E-state index contributed by atoms with van der Waals surface area (Å²) < 4.78 is 45.0. The summed E-state index contributed by atoms with van der Waals surface area (Å²) in [7, 11) is 0. The van der Waals surface area contributed by atoms with Gasteiger partial charge in [0.05, 0.1) is 23.6 Å². The fraction of sp³-hybridized carbons (Fsp3) is 0.391. The summed E-state index contributed by atoms with van der Waals surface area (Å²) in [5, 5.41) is 22.4. The number of aliphatic imine (C=N–C) groups is 1. The summed E-state index contributed by atoms with van der Waals surface area (Å²) in [5.74, 6) is 3.58. The number of carbonyl (C=O) groups excluding carboxylic acids is 1. The first-order valence-electron chi connectivity index (χ1n) is 11.1. The smallest absolute Gasteiger partial charge is 0.454 e. The van der Waals surface area contributed by atoms with Crippen molar-refractivity contribution in [3.8, 4) is 18.1 Å². The molecule has 1 unspecified atom stereocenters. The molecule has 11 nitrogen and oxygen atoms in total. The highest BCUT2D eigenvalue weighted by atomic mass is 19.4. The molecular formula is C23H24F3N9O2. The van der Waals surface area contributed by atoms with Gasteiger partial charge in [-0.3, -0.25) is 14.2 Å². The molecule has 1 aliphatic heterocycles. The second-order valence-electron chi connectivity index (χ2n) is 8.31. The lowest BCUT2D eigenvalue weighted by Gasteiger charge is -2.26. The predicted octanol–water partition coefficient (Wildman–Crippen LogP) is 2.02. The van der Waals surface area contributed by atoms with Gasteiger partial charge in [0.25, 0.3) is 5.78 Å². The van der Waals surface area contributed by atoms with Gasteiger partial charge in [0.1, 0.15) is 29.2 Å². The number of ether oxygens (including phenoxy) is 1. The molecule has 1 saturated heterocycles. The van der Waals surface area contributed by atoms with E-state index in [1.807, 2.05) is 6.07 Å². The Hall–Kier alpha value is -4.59. The molecular weight excluding hydrogens is 491 g/mol. The van der Waals surface area contributed by atoms with Gasteiger partial charge in [-0.05, 0) is 32.8 Å². The third-order valence-corrected chi connectivity index (χ3v) is 5.76. The van der Waals surface area contributed by atoms with Gasteiger partial charge in [-0.15, -0.1) is 0 Å². The van der Waals surface area contributed by atoms with Crippen LogP contribution in [0.4, 0.5) is 13.2 Å². The number of nitrogens with zero attached hydrogens (tertiary/aromatic N) is 7. The molecule has 1 atom stereocenters. The molecule has 0 aliphatic carbocycles. The van der Waals surface area contributed by atoms with E-state index in [0.29, 0.717) is 42.9 Å². The van der Waals surface area contributed by atoms with Crippen molar-refractivity contribution in [1.29, 1.82) is 10.5 Å². The van der Waals surface area contributed by atoms with Crippen LogP contribution in [-0.4, -0.2) is 62.9 Å². The van der Waals surface area contributed by atoms with Gasteiger partial charge in [-0.25, -0.2) is 4.98 Å². The molecule has 1 fully saturated rings. The average Bonchev–Trinajstić information content (AvgIpc) is 3.27. The van der Waals surface area contributed by atoms with Crippen molar-refractivity contribution in [3.05, 3.63) is 41.4 Å². The topological polar surface area (TPSA) is 171 Å². The number of alkyl halides is 3. The maximum absolute atomic E-state index is 12.6. The number of hydrogen-bond donors (Lipinski definition) is 2. The van der Waals surface area contributed by atoms with Crippen LogP contribution in [0.1, 0.15) is 37.9 Å². The van der Waals surface area contributed by atoms with Gasteiger partial charge >= 0.3 is 6.18 Å². The quantitative estimate of drug-likeness (QED) is 0.185. The minimum Gasteiger partial charge on any atom is -0.469 e. The number of hydrazone groups is 1. The maximum Gasteiger partial charge on any atom is 0.454 e. The molecule has 37 heavy (non-hydrogen) atoms. The Balaban J connectivity index is 1.97. The number of ketones is 1. The van der Waals surface area contributed by atoms with Crippen LogP contribution in [0.15, 0.2) is 40.2 Å². The standard InChI is InChI=1S/C23H24F3N9O2/c1-13(32-16-3-5-34(12-28)6-4-16)22(33-30)15-7-20-31-11-17(10-27)35(20)21(8-15)37-14(2)18(29)9-19(36)23(24,25)26/h7-9,11,14,16H,3-6,29-30H2,1-2H3/b18-9-,32-13?,33-22+. The second-order valence-corrected chi connectivity index (χ2v) is 8.31. The van der Waals surface area contributed by atoms with E-state index in [9.17, 15) is 23.2 Å². The Bertz CT molecular complexity index is 1350. The number of imidazole rings is 1. The number of carbonyl (C=O) groups is 1. The fourth-order valence-corrected chi connectivity index (χ4v) is 3.79. The van der Waals surface area contributed by atoms with Gasteiger partial charge in [-0.1, -0.05) is 0 Å². The Morgan fingerprint density at radius 3 is 2.57 bits per heavy atom. The second kappa shape index (κ2) is 11.0. The monoisotopic (exact) mass is 515 g/mol. The number of nitriles is 2. The van der Waals surface area contributed by atoms with Crippen molar-refractivity contribution >= 4 is 22.9 Å². The minimum absolute atomic E-state index is 0.0149. The van der Waals surface area contributed by atoms with E-state index in [1.165, 1.54) is 23.6 Å². The van der Waals surface area contributed by atoms with Crippen molar-refractivity contribution in [2.75, 3.05) is 13.1 Å². The van der Waals surface area contributed by atoms with Crippen LogP contribution in [-0.2, 0) is 4.79 Å². The molecule has 0 saturated carbocycles. The van der Waals surface area contributed by atoms with Gasteiger partial charge in [-0.2, -0.15) is 28.8 Å². The Morgan fingerprint density at radius 2 is 2.00 bits per heavy atom. The molecule has 3 rings (SSSR count). The highest BCUT2D eigenvalue weighted by molar-refractivity contribution is 6.47. The van der Waals surface area contributed by atoms with E-state index < -0.39 is 23.8 Å². The third kappa shape index (κ3) is 6.16. The van der Waals surface area contributed by atoms with Gasteiger partial charge in [0.15, 0.2) is 6.19 Å². The molecule has 2 aromatic heterocycles. The van der Waals surface area contributed by atoms with Gasteiger partial charge in [0, 0.05) is 30.8 Å². The molecule has 4 N–H and O–H groups in total. The molecule has 0 aromatic carbocycles. The number of aromatic nitrogens is 2. The van der Waals surface area contributed by atoms with E-state index in [2.05, 4.69) is 16.3 Å². The van der Waals surface area contributed by atoms with Crippen molar-refractivity contribution in [2.45, 2.75) is 45.0 Å². The highest BCUT2D eigenvalue weighted by Crippen LogP contribution is 2.24. The van der Waals surface area contributed by atoms with E-state index in [1.54, 1.807) is 17.9 Å². The number of piperidine rings is 1. The summed E-state index contributed by atoms with van der Waals surface area (Å²) in [5.41, 5.74) is 6.85. The number of nitrogens with two attached hydrogens (primary N) is 2. The number of likely N-dealkylation sites (tertiary alicyclic amines) is 1. The van der Waals surface area contributed by atoms with Crippen LogP contribution in [0.25, 0.3) is 5.65 Å². The zero-order chi connectivity index (χ0) is 27.3. The van der Waals surface area contributed by atoms with Crippen molar-refractivity contribution in [1.82, 2.24) is 14.3 Å². The van der Waals surface area contributed by atoms with Crippen LogP contribution in [0.3, 0.4) is 0 Å². The normalized spacial score (nSPS) is 16.8. The Labute approximate surface area is 210 Å². The van der Waals surface area contributed by atoms with Crippen LogP contribution in [0.2, 0.25) is 0 Å². The van der Waals surface area contributed by atoms with E-state index in [-0.39, 0.29) is 29.3 Å². The first kappa shape index (κ1) is 27.0. The van der Waals surface area contributed by atoms with Crippen LogP contribution < -0.4 is 16.3 Å². The molecule has 2 aromatic rings. The first-order valence-corrected chi connectivity index (χ1v) is 11.1. The number of hydrogen-bond acceptors (Lipinski definition) is 10. The van der Waals surface area contributed by atoms with Crippen molar-refractivity contribution in [2.24, 2.45) is 21.7 Å². The predicted molar refractivity (Wildman–Crippen MR) is 127 cm³/mol. The van der Waals surface area contributed by atoms with Crippen molar-refractivity contribution < 1.29 is 22.7 Å². The Morgan fingerprint density at radius 1 is 1.32 bits per heavy atom. The summed E-state index contributed by atoms with van der Waals surface area (Å²) >= 11 is 0. The average molecular weight is 516 g/mol. The van der Waals surface area contributed by atoms with E-state index in [0.717, 1.165) is 0 Å². The van der Waals surface area contributed by atoms with Crippen LogP contribution in [0.5, 0.6) is 5.88 Å². The lowest BCUT2D eigenvalue weighted by Crippen LogP contribution is -2.32. The molecule has 0 amide bonds. The minimum atomic E-state index is -5.08. The number of rotatable bonds is 7. The number of fused-ring (bicyclic) bond motifs is 1. The summed E-state index contributed by atoms with van der Waals surface area (Å²) in [6.45, 7) is 4.26. The molecule has 0 bridgehead atoms. The molecule has 0 spiro atoms. The lowest BCUT2D eigenvalue weighted by atomic mass is 10.0. The number of halogens is 3. The highest BCUT2D eigenvalue weighted by Gasteiger charge is 2.37. The van der Waals surface area contributed by atoms with E-state index in [4.69, 9.17) is 26.6 Å². The van der Waals surface area contributed by atoms with Crippen molar-refractivity contribution in [3.63, 3.8) is 0 Å². The molecule has 1 aliphatic rings. The number of pyridine rings is 1. The largest absolute Gasteiger partial charge is 0.469 e. The molecule has 14 heteroatoms. The molecule has 0 radical (unpaired) electrons. The zero-order valence-corrected chi connectivity index (χ0v) is 20.0. The summed E-state index contributed by atoms with van der Waals surface area (Å²) in [6, 6.07) is 5.01. The third-order valence-electron chi connectivity index (χ3n) is 5.76. The van der Waals surface area contributed by atoms with Crippen LogP contribution >= 0.6 is 0 Å². The molecule has 3 heterocycles. The Kier molecular flexibility index (Phi) is 8.02. The summed E-state index contributed by atoms with van der Waals surface area (Å²) in [4.78, 5) is 21.9. The first-order chi connectivity index (χ1) is 17.5. The fourth-order valence-electron chi connectivity index (χ4n) is 3.79. The molecule has 194 valence electrons. The van der Waals surface area contributed by atoms with Gasteiger partial charge < -0.3 is 21.2 Å². The SMILES string of the molecule is CC(=NC1CCN(C#N)CC1)/C(=N\N)c1cc(OC(C)/C(N)=C/C(=O)C(F)(F)F)n2c(C#N)cnc2c1. The maximum atomic E-state index is 12.6. The van der Waals surface area contributed by atoms with Crippen LogP contribution in [0, 0.1) is 22.8 Å². The lowest BCUT2D eigenvalue weighted by molar-refractivity contribution is -0.165.